The zero-order valence-electron chi connectivity index (χ0n) is 13.8. The molecule has 0 radical (unpaired) electrons. The molecular weight excluding hydrogens is 272 g/mol. The number of benzene rings is 1. The van der Waals surface area contributed by atoms with Gasteiger partial charge in [-0.25, -0.2) is 0 Å². The maximum absolute atomic E-state index is 12.3. The average Bonchev–Trinajstić information content (AvgIpc) is 2.93. The Kier molecular flexibility index (Phi) is 4.82. The van der Waals surface area contributed by atoms with Gasteiger partial charge < -0.3 is 5.32 Å². The molecule has 22 heavy (non-hydrogen) atoms. The standard InChI is InChI=1S/C19H28N2O/c1-14-7-10-16(11-8-14)20-19(22)13-21(2)18-12-9-15-5-3-4-6-17(15)18/h3-6,14,16,18H,7-13H2,1-2H3,(H,20,22). The molecule has 0 aromatic heterocycles. The molecule has 3 heteroatoms. The van der Waals surface area contributed by atoms with Crippen LogP contribution in [0.3, 0.4) is 0 Å². The van der Waals surface area contributed by atoms with Crippen LogP contribution in [0, 0.1) is 5.92 Å². The lowest BCUT2D eigenvalue weighted by atomic mass is 9.87. The molecule has 1 saturated carbocycles. The fourth-order valence-corrected chi connectivity index (χ4v) is 4.01. The molecule has 0 spiro atoms. The van der Waals surface area contributed by atoms with E-state index in [4.69, 9.17) is 0 Å². The van der Waals surface area contributed by atoms with Crippen molar-refractivity contribution in [2.24, 2.45) is 5.92 Å². The second-order valence-electron chi connectivity index (χ2n) is 7.19. The first-order chi connectivity index (χ1) is 10.6. The third-order valence-corrected chi connectivity index (χ3v) is 5.41. The third-order valence-electron chi connectivity index (χ3n) is 5.41. The minimum atomic E-state index is 0.187. The van der Waals surface area contributed by atoms with E-state index < -0.39 is 0 Å². The van der Waals surface area contributed by atoms with Crippen LogP contribution in [0.4, 0.5) is 0 Å². The summed E-state index contributed by atoms with van der Waals surface area (Å²) in [5.41, 5.74) is 2.85. The Bertz CT molecular complexity index is 520. The Balaban J connectivity index is 1.52. The zero-order chi connectivity index (χ0) is 15.5. The maximum atomic E-state index is 12.3. The topological polar surface area (TPSA) is 32.3 Å². The largest absolute Gasteiger partial charge is 0.352 e. The van der Waals surface area contributed by atoms with E-state index in [1.54, 1.807) is 0 Å². The third kappa shape index (κ3) is 3.52. The minimum absolute atomic E-state index is 0.187. The van der Waals surface area contributed by atoms with Gasteiger partial charge in [-0.05, 0) is 62.6 Å². The molecule has 2 aliphatic rings. The van der Waals surface area contributed by atoms with Crippen LogP contribution in [0.25, 0.3) is 0 Å². The van der Waals surface area contributed by atoms with Crippen LogP contribution in [0.5, 0.6) is 0 Å². The van der Waals surface area contributed by atoms with Crippen molar-refractivity contribution in [1.29, 1.82) is 0 Å². The summed E-state index contributed by atoms with van der Waals surface area (Å²) < 4.78 is 0. The molecule has 1 fully saturated rings. The van der Waals surface area contributed by atoms with E-state index in [-0.39, 0.29) is 5.91 Å². The highest BCUT2D eigenvalue weighted by atomic mass is 16.2. The van der Waals surface area contributed by atoms with Crippen molar-refractivity contribution in [1.82, 2.24) is 10.2 Å². The normalized spacial score (nSPS) is 27.7. The molecule has 0 heterocycles. The lowest BCUT2D eigenvalue weighted by Crippen LogP contribution is -2.43. The van der Waals surface area contributed by atoms with Gasteiger partial charge in [-0.3, -0.25) is 9.69 Å². The van der Waals surface area contributed by atoms with E-state index >= 15 is 0 Å². The van der Waals surface area contributed by atoms with E-state index in [1.807, 2.05) is 0 Å². The molecule has 0 bridgehead atoms. The van der Waals surface area contributed by atoms with Crippen molar-refractivity contribution in [2.75, 3.05) is 13.6 Å². The van der Waals surface area contributed by atoms with Gasteiger partial charge in [0.15, 0.2) is 0 Å². The summed E-state index contributed by atoms with van der Waals surface area (Å²) >= 11 is 0. The smallest absolute Gasteiger partial charge is 0.234 e. The first-order valence-corrected chi connectivity index (χ1v) is 8.71. The van der Waals surface area contributed by atoms with Crippen LogP contribution in [0.15, 0.2) is 24.3 Å². The Labute approximate surface area is 134 Å². The van der Waals surface area contributed by atoms with E-state index in [0.29, 0.717) is 18.6 Å². The molecule has 120 valence electrons. The number of fused-ring (bicyclic) bond motifs is 1. The number of nitrogens with zero attached hydrogens (tertiary/aromatic N) is 1. The maximum Gasteiger partial charge on any atom is 0.234 e. The number of amides is 1. The summed E-state index contributed by atoms with van der Waals surface area (Å²) in [5.74, 6) is 1.01. The molecule has 1 unspecified atom stereocenters. The highest BCUT2D eigenvalue weighted by molar-refractivity contribution is 5.78. The second-order valence-corrected chi connectivity index (χ2v) is 7.19. The first kappa shape index (κ1) is 15.5. The van der Waals surface area contributed by atoms with Gasteiger partial charge in [0.2, 0.25) is 5.91 Å². The van der Waals surface area contributed by atoms with Crippen molar-refractivity contribution in [3.05, 3.63) is 35.4 Å². The van der Waals surface area contributed by atoms with Crippen LogP contribution in [0.2, 0.25) is 0 Å². The summed E-state index contributed by atoms with van der Waals surface area (Å²) in [6.07, 6.45) is 7.04. The van der Waals surface area contributed by atoms with Crippen LogP contribution >= 0.6 is 0 Å². The van der Waals surface area contributed by atoms with Gasteiger partial charge in [-0.1, -0.05) is 31.2 Å². The number of hydrogen-bond donors (Lipinski definition) is 1. The summed E-state index contributed by atoms with van der Waals surface area (Å²) in [4.78, 5) is 14.5. The minimum Gasteiger partial charge on any atom is -0.352 e. The van der Waals surface area contributed by atoms with Gasteiger partial charge >= 0.3 is 0 Å². The predicted octanol–water partition coefficient (Wildman–Crippen LogP) is 3.30. The van der Waals surface area contributed by atoms with Crippen molar-refractivity contribution in [2.45, 2.75) is 57.5 Å². The number of carbonyl (C=O) groups is 1. The van der Waals surface area contributed by atoms with Crippen LogP contribution in [0.1, 0.15) is 56.2 Å². The van der Waals surface area contributed by atoms with Gasteiger partial charge in [0, 0.05) is 12.1 Å². The molecule has 1 N–H and O–H groups in total. The van der Waals surface area contributed by atoms with Gasteiger partial charge in [-0.2, -0.15) is 0 Å². The Hall–Kier alpha value is -1.35. The molecular formula is C19H28N2O. The Morgan fingerprint density at radius 1 is 1.18 bits per heavy atom. The number of nitrogens with one attached hydrogen (secondary N) is 1. The molecule has 2 aliphatic carbocycles. The predicted molar refractivity (Wildman–Crippen MR) is 89.7 cm³/mol. The van der Waals surface area contributed by atoms with E-state index in [0.717, 1.165) is 31.6 Å². The molecule has 1 aromatic rings. The zero-order valence-corrected chi connectivity index (χ0v) is 13.8. The number of rotatable bonds is 4. The monoisotopic (exact) mass is 300 g/mol. The summed E-state index contributed by atoms with van der Waals surface area (Å²) in [7, 11) is 2.08. The van der Waals surface area contributed by atoms with Crippen LogP contribution < -0.4 is 5.32 Å². The Morgan fingerprint density at radius 3 is 2.68 bits per heavy atom. The fourth-order valence-electron chi connectivity index (χ4n) is 4.01. The van der Waals surface area contributed by atoms with Crippen molar-refractivity contribution >= 4 is 5.91 Å². The number of aryl methyl sites for hydroxylation is 1. The summed E-state index contributed by atoms with van der Waals surface area (Å²) in [6.45, 7) is 2.81. The summed E-state index contributed by atoms with van der Waals surface area (Å²) in [6, 6.07) is 9.43. The van der Waals surface area contributed by atoms with E-state index in [2.05, 4.69) is 48.5 Å². The number of likely N-dealkylation sites (N-methyl/N-ethyl adjacent to an activating group) is 1. The number of carbonyl (C=O) groups excluding carboxylic acids is 1. The fraction of sp³-hybridized carbons (Fsp3) is 0.632. The number of hydrogen-bond acceptors (Lipinski definition) is 2. The van der Waals surface area contributed by atoms with Gasteiger partial charge in [0.1, 0.15) is 0 Å². The van der Waals surface area contributed by atoms with Crippen molar-refractivity contribution in [3.63, 3.8) is 0 Å². The molecule has 1 amide bonds. The lowest BCUT2D eigenvalue weighted by Gasteiger charge is -2.29. The first-order valence-electron chi connectivity index (χ1n) is 8.71. The average molecular weight is 300 g/mol. The molecule has 0 aliphatic heterocycles. The second kappa shape index (κ2) is 6.82. The highest BCUT2D eigenvalue weighted by Gasteiger charge is 2.27. The molecule has 3 nitrogen and oxygen atoms in total. The SMILES string of the molecule is CC1CCC(NC(=O)CN(C)C2CCc3ccccc32)CC1. The van der Waals surface area contributed by atoms with Crippen LogP contribution in [-0.4, -0.2) is 30.4 Å². The van der Waals surface area contributed by atoms with Gasteiger partial charge in [-0.15, -0.1) is 0 Å². The highest BCUT2D eigenvalue weighted by Crippen LogP contribution is 2.34. The molecule has 1 aromatic carbocycles. The van der Waals surface area contributed by atoms with E-state index in [1.165, 1.54) is 24.0 Å². The van der Waals surface area contributed by atoms with Crippen molar-refractivity contribution < 1.29 is 4.79 Å². The molecule has 1 atom stereocenters. The lowest BCUT2D eigenvalue weighted by molar-refractivity contribution is -0.123. The quantitative estimate of drug-likeness (QED) is 0.925. The van der Waals surface area contributed by atoms with E-state index in [9.17, 15) is 4.79 Å². The Morgan fingerprint density at radius 2 is 1.91 bits per heavy atom. The van der Waals surface area contributed by atoms with Gasteiger partial charge in [0.05, 0.1) is 6.54 Å². The summed E-state index contributed by atoms with van der Waals surface area (Å²) in [5, 5.41) is 3.24. The molecule has 0 saturated heterocycles. The van der Waals surface area contributed by atoms with Gasteiger partial charge in [0.25, 0.3) is 0 Å². The van der Waals surface area contributed by atoms with Crippen LogP contribution in [-0.2, 0) is 11.2 Å². The molecule has 3 rings (SSSR count). The van der Waals surface area contributed by atoms with Crippen molar-refractivity contribution in [3.8, 4) is 0 Å².